The Labute approximate surface area is 128 Å². The van der Waals surface area contributed by atoms with E-state index in [1.165, 1.54) is 0 Å². The van der Waals surface area contributed by atoms with E-state index in [4.69, 9.17) is 17.3 Å². The Hall–Kier alpha value is -0.580. The molecule has 3 N–H and O–H groups in total. The number of benzene rings is 1. The summed E-state index contributed by atoms with van der Waals surface area (Å²) in [5.74, 6) is -0.104. The number of amides is 1. The Balaban J connectivity index is 2.50. The van der Waals surface area contributed by atoms with Gasteiger partial charge in [0.25, 0.3) is 0 Å². The molecule has 1 unspecified atom stereocenters. The van der Waals surface area contributed by atoms with Gasteiger partial charge in [-0.05, 0) is 43.5 Å². The van der Waals surface area contributed by atoms with Crippen LogP contribution in [0.2, 0.25) is 5.02 Å². The van der Waals surface area contributed by atoms with E-state index in [0.29, 0.717) is 18.0 Å². The molecule has 3 nitrogen and oxygen atoms in total. The molecule has 5 heteroatoms. The predicted octanol–water partition coefficient (Wildman–Crippen LogP) is 3.28. The molecule has 1 rings (SSSR count). The first-order chi connectivity index (χ1) is 8.86. The molecule has 0 fully saturated rings. The molecular weight excluding hydrogens is 328 g/mol. The quantitative estimate of drug-likeness (QED) is 0.829. The van der Waals surface area contributed by atoms with Gasteiger partial charge in [0, 0.05) is 16.0 Å². The number of halogens is 2. The average molecular weight is 348 g/mol. The third-order valence-corrected chi connectivity index (χ3v) is 3.98. The van der Waals surface area contributed by atoms with Crippen molar-refractivity contribution < 1.29 is 4.79 Å². The van der Waals surface area contributed by atoms with Crippen LogP contribution in [0.25, 0.3) is 0 Å². The van der Waals surface area contributed by atoms with Crippen molar-refractivity contribution in [2.75, 3.05) is 6.54 Å². The van der Waals surface area contributed by atoms with Gasteiger partial charge in [-0.1, -0.05) is 40.9 Å². The molecule has 1 aromatic carbocycles. The molecule has 0 aliphatic carbocycles. The van der Waals surface area contributed by atoms with Crippen LogP contribution >= 0.6 is 27.5 Å². The van der Waals surface area contributed by atoms with Crippen molar-refractivity contribution in [1.29, 1.82) is 0 Å². The second kappa shape index (κ2) is 7.27. The van der Waals surface area contributed by atoms with Crippen molar-refractivity contribution in [3.8, 4) is 0 Å². The van der Waals surface area contributed by atoms with Gasteiger partial charge in [0.2, 0.25) is 5.91 Å². The predicted molar refractivity (Wildman–Crippen MR) is 83.4 cm³/mol. The van der Waals surface area contributed by atoms with Gasteiger partial charge in [0.1, 0.15) is 0 Å². The lowest BCUT2D eigenvalue weighted by molar-refractivity contribution is -0.126. The number of hydrogen-bond acceptors (Lipinski definition) is 2. The summed E-state index contributed by atoms with van der Waals surface area (Å²) in [4.78, 5) is 11.9. The van der Waals surface area contributed by atoms with Gasteiger partial charge >= 0.3 is 0 Å². The molecule has 0 saturated heterocycles. The highest BCUT2D eigenvalue weighted by Crippen LogP contribution is 2.21. The van der Waals surface area contributed by atoms with Crippen LogP contribution in [0.3, 0.4) is 0 Å². The monoisotopic (exact) mass is 346 g/mol. The fourth-order valence-corrected chi connectivity index (χ4v) is 2.52. The molecule has 1 aromatic rings. The second-order valence-corrected chi connectivity index (χ2v) is 6.20. The summed E-state index contributed by atoms with van der Waals surface area (Å²) in [7, 11) is 0. The fraction of sp³-hybridized carbons (Fsp3) is 0.500. The number of rotatable bonds is 6. The maximum absolute atomic E-state index is 11.9. The third-order valence-electron chi connectivity index (χ3n) is 2.98. The molecule has 0 heterocycles. The summed E-state index contributed by atoms with van der Waals surface area (Å²) in [6, 6.07) is 5.63. The van der Waals surface area contributed by atoms with E-state index in [1.54, 1.807) is 6.92 Å². The highest BCUT2D eigenvalue weighted by atomic mass is 79.9. The van der Waals surface area contributed by atoms with E-state index >= 15 is 0 Å². The van der Waals surface area contributed by atoms with Crippen LogP contribution in [0, 0.1) is 0 Å². The number of hydrogen-bond donors (Lipinski definition) is 2. The largest absolute Gasteiger partial charge is 0.354 e. The smallest absolute Gasteiger partial charge is 0.239 e. The van der Waals surface area contributed by atoms with Gasteiger partial charge in [-0.2, -0.15) is 0 Å². The average Bonchev–Trinajstić information content (AvgIpc) is 2.33. The summed E-state index contributed by atoms with van der Waals surface area (Å²) in [5.41, 5.74) is 6.24. The van der Waals surface area contributed by atoms with E-state index in [9.17, 15) is 4.79 Å². The normalized spacial score (nSPS) is 13.9. The van der Waals surface area contributed by atoms with Crippen LogP contribution in [0.5, 0.6) is 0 Å². The molecule has 0 aromatic heterocycles. The molecule has 0 aliphatic heterocycles. The zero-order valence-corrected chi connectivity index (χ0v) is 13.6. The van der Waals surface area contributed by atoms with Crippen molar-refractivity contribution in [3.05, 3.63) is 33.3 Å². The third kappa shape index (κ3) is 5.13. The minimum Gasteiger partial charge on any atom is -0.354 e. The summed E-state index contributed by atoms with van der Waals surface area (Å²) in [6.07, 6.45) is 2.29. The number of carbonyl (C=O) groups is 1. The topological polar surface area (TPSA) is 55.1 Å². The molecular formula is C14H20BrClN2O. The molecule has 0 spiro atoms. The van der Waals surface area contributed by atoms with Gasteiger partial charge in [0.05, 0.1) is 5.54 Å². The van der Waals surface area contributed by atoms with Crippen molar-refractivity contribution in [1.82, 2.24) is 5.32 Å². The Bertz CT molecular complexity index is 449. The number of nitrogens with two attached hydrogens (primary N) is 1. The molecule has 0 saturated carbocycles. The van der Waals surface area contributed by atoms with Gasteiger partial charge in [0.15, 0.2) is 0 Å². The van der Waals surface area contributed by atoms with Crippen molar-refractivity contribution in [2.24, 2.45) is 5.73 Å². The van der Waals surface area contributed by atoms with Gasteiger partial charge < -0.3 is 11.1 Å². The highest BCUT2D eigenvalue weighted by molar-refractivity contribution is 9.10. The summed E-state index contributed by atoms with van der Waals surface area (Å²) in [6.45, 7) is 4.33. The minimum absolute atomic E-state index is 0.104. The Kier molecular flexibility index (Phi) is 6.30. The molecule has 19 heavy (non-hydrogen) atoms. The molecule has 0 radical (unpaired) electrons. The molecule has 0 aliphatic rings. The lowest BCUT2D eigenvalue weighted by Gasteiger charge is -2.22. The van der Waals surface area contributed by atoms with Gasteiger partial charge in [-0.25, -0.2) is 0 Å². The lowest BCUT2D eigenvalue weighted by Crippen LogP contribution is -2.51. The zero-order chi connectivity index (χ0) is 14.5. The number of carbonyl (C=O) groups excluding carboxylic acids is 1. The van der Waals surface area contributed by atoms with Crippen LogP contribution in [0.15, 0.2) is 22.7 Å². The Morgan fingerprint density at radius 3 is 2.84 bits per heavy atom. The Morgan fingerprint density at radius 2 is 2.21 bits per heavy atom. The van der Waals surface area contributed by atoms with E-state index in [1.807, 2.05) is 25.1 Å². The van der Waals surface area contributed by atoms with Crippen LogP contribution in [-0.4, -0.2) is 18.0 Å². The van der Waals surface area contributed by atoms with E-state index < -0.39 is 5.54 Å². The zero-order valence-electron chi connectivity index (χ0n) is 11.3. The van der Waals surface area contributed by atoms with Crippen LogP contribution < -0.4 is 11.1 Å². The SMILES string of the molecule is CCCC(C)(N)C(=O)NCCc1cc(Cl)ccc1Br. The van der Waals surface area contributed by atoms with E-state index in [2.05, 4.69) is 21.2 Å². The standard InChI is InChI=1S/C14H20BrClN2O/c1-3-7-14(2,17)13(19)18-8-6-10-9-11(16)4-5-12(10)15/h4-5,9H,3,6-8,17H2,1-2H3,(H,18,19). The number of nitrogens with one attached hydrogen (secondary N) is 1. The lowest BCUT2D eigenvalue weighted by atomic mass is 9.96. The Morgan fingerprint density at radius 1 is 1.53 bits per heavy atom. The van der Waals surface area contributed by atoms with Crippen molar-refractivity contribution in [2.45, 2.75) is 38.6 Å². The first kappa shape index (κ1) is 16.5. The van der Waals surface area contributed by atoms with Gasteiger partial charge in [-0.3, -0.25) is 4.79 Å². The van der Waals surface area contributed by atoms with E-state index in [-0.39, 0.29) is 5.91 Å². The maximum Gasteiger partial charge on any atom is 0.239 e. The van der Waals surface area contributed by atoms with Gasteiger partial charge in [-0.15, -0.1) is 0 Å². The van der Waals surface area contributed by atoms with Crippen LogP contribution in [0.1, 0.15) is 32.3 Å². The van der Waals surface area contributed by atoms with Crippen LogP contribution in [-0.2, 0) is 11.2 Å². The van der Waals surface area contributed by atoms with E-state index in [0.717, 1.165) is 22.9 Å². The molecule has 1 amide bonds. The summed E-state index contributed by atoms with van der Waals surface area (Å²) >= 11 is 9.41. The first-order valence-electron chi connectivity index (χ1n) is 6.38. The molecule has 1 atom stereocenters. The van der Waals surface area contributed by atoms with Crippen molar-refractivity contribution >= 4 is 33.4 Å². The van der Waals surface area contributed by atoms with Crippen LogP contribution in [0.4, 0.5) is 0 Å². The highest BCUT2D eigenvalue weighted by Gasteiger charge is 2.26. The molecule has 106 valence electrons. The first-order valence-corrected chi connectivity index (χ1v) is 7.55. The minimum atomic E-state index is -0.791. The van der Waals surface area contributed by atoms with Crippen molar-refractivity contribution in [3.63, 3.8) is 0 Å². The summed E-state index contributed by atoms with van der Waals surface area (Å²) in [5, 5.41) is 3.57. The maximum atomic E-state index is 11.9. The summed E-state index contributed by atoms with van der Waals surface area (Å²) < 4.78 is 0.996. The fourth-order valence-electron chi connectivity index (χ4n) is 1.88. The molecule has 0 bridgehead atoms. The second-order valence-electron chi connectivity index (χ2n) is 4.91.